The van der Waals surface area contributed by atoms with Gasteiger partial charge in [0.05, 0.1) is 13.4 Å². The largest absolute Gasteiger partial charge is 0.463 e. The van der Waals surface area contributed by atoms with Gasteiger partial charge in [0.15, 0.2) is 0 Å². The lowest BCUT2D eigenvalue weighted by atomic mass is 10.0. The summed E-state index contributed by atoms with van der Waals surface area (Å²) in [6.07, 6.45) is 3.64. The number of carbonyl (C=O) groups is 1. The van der Waals surface area contributed by atoms with Crippen molar-refractivity contribution in [2.45, 2.75) is 32.4 Å². The number of furan rings is 1. The molecular formula is C17H21NO3. The van der Waals surface area contributed by atoms with Gasteiger partial charge in [0.1, 0.15) is 0 Å². The van der Waals surface area contributed by atoms with Crippen LogP contribution in [-0.2, 0) is 11.3 Å². The maximum absolute atomic E-state index is 11.6. The molecule has 0 aliphatic rings. The second kappa shape index (κ2) is 7.64. The topological polar surface area (TPSA) is 51.5 Å². The molecule has 112 valence electrons. The van der Waals surface area contributed by atoms with Crippen molar-refractivity contribution < 1.29 is 13.9 Å². The van der Waals surface area contributed by atoms with Gasteiger partial charge < -0.3 is 14.5 Å². The van der Waals surface area contributed by atoms with Crippen molar-refractivity contribution >= 4 is 5.97 Å². The average Bonchev–Trinajstić information content (AvgIpc) is 3.00. The highest BCUT2D eigenvalue weighted by Gasteiger charge is 2.17. The fourth-order valence-corrected chi connectivity index (χ4v) is 2.34. The molecule has 4 nitrogen and oxygen atoms in total. The molecule has 0 spiro atoms. The van der Waals surface area contributed by atoms with E-state index in [1.54, 1.807) is 6.07 Å². The summed E-state index contributed by atoms with van der Waals surface area (Å²) in [5, 5.41) is 3.49. The highest BCUT2D eigenvalue weighted by molar-refractivity contribution is 5.87. The van der Waals surface area contributed by atoms with Crippen LogP contribution < -0.4 is 5.32 Å². The van der Waals surface area contributed by atoms with E-state index >= 15 is 0 Å². The maximum atomic E-state index is 11.6. The molecule has 1 aromatic heterocycles. The molecule has 0 bridgehead atoms. The zero-order chi connectivity index (χ0) is 15.1. The van der Waals surface area contributed by atoms with E-state index in [9.17, 15) is 4.79 Å². The van der Waals surface area contributed by atoms with E-state index in [4.69, 9.17) is 9.15 Å². The van der Waals surface area contributed by atoms with E-state index < -0.39 is 5.97 Å². The third-order valence-corrected chi connectivity index (χ3v) is 3.44. The fraction of sp³-hybridized carbons (Fsp3) is 0.353. The average molecular weight is 287 g/mol. The lowest BCUT2D eigenvalue weighted by Crippen LogP contribution is -2.21. The molecule has 0 saturated carbocycles. The quantitative estimate of drug-likeness (QED) is 0.789. The van der Waals surface area contributed by atoms with E-state index in [1.807, 2.05) is 18.2 Å². The summed E-state index contributed by atoms with van der Waals surface area (Å²) in [6, 6.07) is 12.4. The van der Waals surface area contributed by atoms with Gasteiger partial charge >= 0.3 is 5.97 Å². The lowest BCUT2D eigenvalue weighted by molar-refractivity contribution is 0.0563. The minimum absolute atomic E-state index is 0.261. The number of nitrogens with one attached hydrogen (secondary N) is 1. The molecule has 2 aromatic rings. The smallest absolute Gasteiger partial charge is 0.374 e. The van der Waals surface area contributed by atoms with Crippen molar-refractivity contribution in [3.63, 3.8) is 0 Å². The SMILES string of the molecule is CCCC(NCc1ccoc1C(=O)OC)c1ccccc1. The first kappa shape index (κ1) is 15.3. The van der Waals surface area contributed by atoms with Crippen molar-refractivity contribution in [3.05, 3.63) is 59.5 Å². The first-order chi connectivity index (χ1) is 10.3. The van der Waals surface area contributed by atoms with Crippen molar-refractivity contribution in [2.75, 3.05) is 7.11 Å². The molecule has 0 amide bonds. The second-order valence-electron chi connectivity index (χ2n) is 4.90. The number of hydrogen-bond donors (Lipinski definition) is 1. The third kappa shape index (κ3) is 3.95. The van der Waals surface area contributed by atoms with Crippen LogP contribution in [0.2, 0.25) is 0 Å². The first-order valence-electron chi connectivity index (χ1n) is 7.19. The van der Waals surface area contributed by atoms with Crippen LogP contribution in [-0.4, -0.2) is 13.1 Å². The number of rotatable bonds is 7. The zero-order valence-electron chi connectivity index (χ0n) is 12.5. The van der Waals surface area contributed by atoms with Gasteiger partial charge in [-0.25, -0.2) is 4.79 Å². The lowest BCUT2D eigenvalue weighted by Gasteiger charge is -2.18. The molecule has 1 unspecified atom stereocenters. The van der Waals surface area contributed by atoms with Crippen molar-refractivity contribution in [1.29, 1.82) is 0 Å². The number of esters is 1. The molecule has 0 aliphatic heterocycles. The molecular weight excluding hydrogens is 266 g/mol. The number of hydrogen-bond acceptors (Lipinski definition) is 4. The third-order valence-electron chi connectivity index (χ3n) is 3.44. The Balaban J connectivity index is 2.06. The molecule has 1 atom stereocenters. The summed E-state index contributed by atoms with van der Waals surface area (Å²) in [7, 11) is 1.35. The van der Waals surface area contributed by atoms with Gasteiger partial charge in [0.2, 0.25) is 5.76 Å². The number of benzene rings is 1. The van der Waals surface area contributed by atoms with E-state index in [0.717, 1.165) is 18.4 Å². The van der Waals surface area contributed by atoms with Crippen molar-refractivity contribution in [1.82, 2.24) is 5.32 Å². The van der Waals surface area contributed by atoms with Gasteiger partial charge in [-0.1, -0.05) is 43.7 Å². The van der Waals surface area contributed by atoms with E-state index in [0.29, 0.717) is 6.54 Å². The van der Waals surface area contributed by atoms with Gasteiger partial charge in [-0.15, -0.1) is 0 Å². The van der Waals surface area contributed by atoms with Crippen LogP contribution >= 0.6 is 0 Å². The van der Waals surface area contributed by atoms with Gasteiger partial charge in [-0.2, -0.15) is 0 Å². The summed E-state index contributed by atoms with van der Waals surface area (Å²) in [5.74, 6) is -0.170. The van der Waals surface area contributed by atoms with Gasteiger partial charge in [0, 0.05) is 18.2 Å². The number of ether oxygens (including phenoxy) is 1. The van der Waals surface area contributed by atoms with Crippen molar-refractivity contribution in [3.8, 4) is 0 Å². The molecule has 1 aromatic carbocycles. The van der Waals surface area contributed by atoms with Crippen LogP contribution in [0.25, 0.3) is 0 Å². The van der Waals surface area contributed by atoms with Crippen LogP contribution in [0, 0.1) is 0 Å². The predicted octanol–water partition coefficient (Wildman–Crippen LogP) is 3.70. The molecule has 4 heteroatoms. The van der Waals surface area contributed by atoms with E-state index in [1.165, 1.54) is 18.9 Å². The van der Waals surface area contributed by atoms with Gasteiger partial charge in [0.25, 0.3) is 0 Å². The highest BCUT2D eigenvalue weighted by atomic mass is 16.5. The highest BCUT2D eigenvalue weighted by Crippen LogP contribution is 2.20. The minimum Gasteiger partial charge on any atom is -0.463 e. The van der Waals surface area contributed by atoms with Gasteiger partial charge in [-0.05, 0) is 18.1 Å². The molecule has 0 saturated heterocycles. The maximum Gasteiger partial charge on any atom is 0.374 e. The van der Waals surface area contributed by atoms with E-state index in [-0.39, 0.29) is 11.8 Å². The van der Waals surface area contributed by atoms with Crippen LogP contribution in [0.15, 0.2) is 47.1 Å². The molecule has 0 radical (unpaired) electrons. The molecule has 0 fully saturated rings. The van der Waals surface area contributed by atoms with Crippen LogP contribution in [0.1, 0.15) is 47.5 Å². The standard InChI is InChI=1S/C17H21NO3/c1-3-7-15(13-8-5-4-6-9-13)18-12-14-10-11-21-16(14)17(19)20-2/h4-6,8-11,15,18H,3,7,12H2,1-2H3. The molecule has 2 rings (SSSR count). The molecule has 1 heterocycles. The fourth-order valence-electron chi connectivity index (χ4n) is 2.34. The monoisotopic (exact) mass is 287 g/mol. The summed E-state index contributed by atoms with van der Waals surface area (Å²) in [5.41, 5.74) is 2.07. The zero-order valence-corrected chi connectivity index (χ0v) is 12.5. The normalized spacial score (nSPS) is 12.1. The van der Waals surface area contributed by atoms with Crippen molar-refractivity contribution in [2.24, 2.45) is 0 Å². The summed E-state index contributed by atoms with van der Waals surface area (Å²) in [4.78, 5) is 11.6. The van der Waals surface area contributed by atoms with Crippen LogP contribution in [0.4, 0.5) is 0 Å². The van der Waals surface area contributed by atoms with Crippen LogP contribution in [0.3, 0.4) is 0 Å². The Bertz CT molecular complexity index is 562. The summed E-state index contributed by atoms with van der Waals surface area (Å²) < 4.78 is 9.91. The Labute approximate surface area is 125 Å². The number of carbonyl (C=O) groups excluding carboxylic acids is 1. The first-order valence-corrected chi connectivity index (χ1v) is 7.19. The van der Waals surface area contributed by atoms with Gasteiger partial charge in [-0.3, -0.25) is 0 Å². The second-order valence-corrected chi connectivity index (χ2v) is 4.90. The minimum atomic E-state index is -0.441. The Morgan fingerprint density at radius 1 is 1.29 bits per heavy atom. The molecule has 21 heavy (non-hydrogen) atoms. The summed E-state index contributed by atoms with van der Waals surface area (Å²) >= 11 is 0. The van der Waals surface area contributed by atoms with E-state index in [2.05, 4.69) is 24.4 Å². The Morgan fingerprint density at radius 3 is 2.71 bits per heavy atom. The Hall–Kier alpha value is -2.07. The van der Waals surface area contributed by atoms with Crippen LogP contribution in [0.5, 0.6) is 0 Å². The summed E-state index contributed by atoms with van der Waals surface area (Å²) in [6.45, 7) is 2.73. The molecule has 1 N–H and O–H groups in total. The Kier molecular flexibility index (Phi) is 5.58. The predicted molar refractivity (Wildman–Crippen MR) is 81.0 cm³/mol. The number of methoxy groups -OCH3 is 1. The Morgan fingerprint density at radius 2 is 2.05 bits per heavy atom. The molecule has 0 aliphatic carbocycles.